The van der Waals surface area contributed by atoms with Gasteiger partial charge in [-0.2, -0.15) is 18.3 Å². The normalized spacial score (nSPS) is 11.6. The second kappa shape index (κ2) is 6.30. The van der Waals surface area contributed by atoms with Crippen molar-refractivity contribution in [2.45, 2.75) is 6.18 Å². The molecule has 0 unspecified atom stereocenters. The summed E-state index contributed by atoms with van der Waals surface area (Å²) in [6, 6.07) is 10.3. The zero-order chi connectivity index (χ0) is 16.2. The molecule has 0 atom stereocenters. The van der Waals surface area contributed by atoms with Crippen LogP contribution >= 0.6 is 0 Å². The minimum Gasteiger partial charge on any atom is -0.507 e. The molecule has 0 saturated carbocycles. The predicted octanol–water partition coefficient (Wildman–Crippen LogP) is 3.17. The van der Waals surface area contributed by atoms with Crippen molar-refractivity contribution in [2.24, 2.45) is 5.10 Å². The van der Waals surface area contributed by atoms with Crippen molar-refractivity contribution < 1.29 is 23.1 Å². The van der Waals surface area contributed by atoms with Gasteiger partial charge in [0.2, 0.25) is 0 Å². The molecule has 0 spiro atoms. The van der Waals surface area contributed by atoms with Gasteiger partial charge in [0.05, 0.1) is 11.8 Å². The van der Waals surface area contributed by atoms with Gasteiger partial charge >= 0.3 is 6.18 Å². The number of nitrogens with one attached hydrogen (secondary N) is 1. The molecule has 0 radical (unpaired) electrons. The van der Waals surface area contributed by atoms with E-state index in [0.717, 1.165) is 18.2 Å². The van der Waals surface area contributed by atoms with Gasteiger partial charge in [0.15, 0.2) is 0 Å². The standard InChI is InChI=1S/C15H11F3N2O2/c16-15(17,18)12-6-3-5-10(8-12)14(22)20-19-9-11-4-1-2-7-13(11)21/h1-9,21H,(H,20,22)/b19-9-. The quantitative estimate of drug-likeness (QED) is 0.676. The molecular weight excluding hydrogens is 297 g/mol. The minimum atomic E-state index is -4.52. The number of halogens is 3. The summed E-state index contributed by atoms with van der Waals surface area (Å²) in [5, 5.41) is 13.1. The van der Waals surface area contributed by atoms with Gasteiger partial charge < -0.3 is 5.11 Å². The number of hydrogen-bond acceptors (Lipinski definition) is 3. The van der Waals surface area contributed by atoms with Crippen molar-refractivity contribution in [1.29, 1.82) is 0 Å². The molecule has 0 aliphatic heterocycles. The fourth-order valence-corrected chi connectivity index (χ4v) is 1.66. The van der Waals surface area contributed by atoms with Gasteiger partial charge in [-0.25, -0.2) is 5.43 Å². The number of nitrogens with zero attached hydrogens (tertiary/aromatic N) is 1. The number of rotatable bonds is 3. The molecule has 2 aromatic carbocycles. The van der Waals surface area contributed by atoms with E-state index >= 15 is 0 Å². The molecular formula is C15H11F3N2O2. The Kier molecular flexibility index (Phi) is 4.45. The number of amides is 1. The number of benzene rings is 2. The molecule has 2 rings (SSSR count). The predicted molar refractivity (Wildman–Crippen MR) is 74.6 cm³/mol. The van der Waals surface area contributed by atoms with Gasteiger partial charge in [-0.15, -0.1) is 0 Å². The van der Waals surface area contributed by atoms with Crippen LogP contribution in [0.25, 0.3) is 0 Å². The number of phenolic OH excluding ortho intramolecular Hbond substituents is 1. The molecule has 4 nitrogen and oxygen atoms in total. The number of hydrazone groups is 1. The molecule has 7 heteroatoms. The highest BCUT2D eigenvalue weighted by atomic mass is 19.4. The molecule has 0 fully saturated rings. The van der Waals surface area contributed by atoms with Gasteiger partial charge in [-0.05, 0) is 30.3 Å². The zero-order valence-electron chi connectivity index (χ0n) is 11.1. The fraction of sp³-hybridized carbons (Fsp3) is 0.0667. The van der Waals surface area contributed by atoms with E-state index < -0.39 is 17.6 Å². The summed E-state index contributed by atoms with van der Waals surface area (Å²) in [6.07, 6.45) is -3.32. The summed E-state index contributed by atoms with van der Waals surface area (Å²) < 4.78 is 37.7. The van der Waals surface area contributed by atoms with Gasteiger partial charge in [0, 0.05) is 11.1 Å². The number of hydrogen-bond donors (Lipinski definition) is 2. The van der Waals surface area contributed by atoms with Crippen LogP contribution in [0.1, 0.15) is 21.5 Å². The van der Waals surface area contributed by atoms with E-state index in [1.165, 1.54) is 18.3 Å². The Morgan fingerprint density at radius 3 is 2.55 bits per heavy atom. The van der Waals surface area contributed by atoms with Gasteiger partial charge in [0.25, 0.3) is 5.91 Å². The molecule has 2 N–H and O–H groups in total. The maximum atomic E-state index is 12.6. The minimum absolute atomic E-state index is 0.0282. The molecule has 114 valence electrons. The van der Waals surface area contributed by atoms with Gasteiger partial charge in [0.1, 0.15) is 5.75 Å². The summed E-state index contributed by atoms with van der Waals surface area (Å²) in [6.45, 7) is 0. The molecule has 0 bridgehead atoms. The summed E-state index contributed by atoms with van der Waals surface area (Å²) in [5.74, 6) is -0.808. The van der Waals surface area contributed by atoms with Gasteiger partial charge in [-0.1, -0.05) is 18.2 Å². The molecule has 0 heterocycles. The summed E-state index contributed by atoms with van der Waals surface area (Å²) in [5.41, 5.74) is 1.40. The molecule has 0 aliphatic rings. The lowest BCUT2D eigenvalue weighted by molar-refractivity contribution is -0.137. The Bertz CT molecular complexity index is 712. The van der Waals surface area contributed by atoms with E-state index in [-0.39, 0.29) is 11.3 Å². The molecule has 22 heavy (non-hydrogen) atoms. The van der Waals surface area contributed by atoms with Crippen LogP contribution in [0.2, 0.25) is 0 Å². The van der Waals surface area contributed by atoms with Crippen LogP contribution in [0.5, 0.6) is 5.75 Å². The van der Waals surface area contributed by atoms with Gasteiger partial charge in [-0.3, -0.25) is 4.79 Å². The maximum Gasteiger partial charge on any atom is 0.416 e. The highest BCUT2D eigenvalue weighted by Crippen LogP contribution is 2.29. The monoisotopic (exact) mass is 308 g/mol. The fourth-order valence-electron chi connectivity index (χ4n) is 1.66. The lowest BCUT2D eigenvalue weighted by Gasteiger charge is -2.07. The van der Waals surface area contributed by atoms with Crippen LogP contribution in [-0.2, 0) is 6.18 Å². The van der Waals surface area contributed by atoms with Crippen LogP contribution in [-0.4, -0.2) is 17.2 Å². The van der Waals surface area contributed by atoms with Crippen molar-refractivity contribution in [3.05, 3.63) is 65.2 Å². The van der Waals surface area contributed by atoms with Crippen molar-refractivity contribution in [3.8, 4) is 5.75 Å². The third kappa shape index (κ3) is 3.85. The first-order chi connectivity index (χ1) is 10.4. The zero-order valence-corrected chi connectivity index (χ0v) is 11.1. The average molecular weight is 308 g/mol. The van der Waals surface area contributed by atoms with Crippen LogP contribution in [0.4, 0.5) is 13.2 Å². The molecule has 0 aliphatic carbocycles. The van der Waals surface area contributed by atoms with Crippen molar-refractivity contribution in [1.82, 2.24) is 5.43 Å². The first-order valence-corrected chi connectivity index (χ1v) is 6.16. The summed E-state index contributed by atoms with van der Waals surface area (Å²) >= 11 is 0. The highest BCUT2D eigenvalue weighted by Gasteiger charge is 2.30. The van der Waals surface area contributed by atoms with Crippen LogP contribution in [0.15, 0.2) is 53.6 Å². The molecule has 1 amide bonds. The largest absolute Gasteiger partial charge is 0.507 e. The Labute approximate surface area is 123 Å². The summed E-state index contributed by atoms with van der Waals surface area (Å²) in [7, 11) is 0. The van der Waals surface area contributed by atoms with Crippen molar-refractivity contribution >= 4 is 12.1 Å². The Morgan fingerprint density at radius 2 is 1.86 bits per heavy atom. The van der Waals surface area contributed by atoms with Crippen LogP contribution in [0, 0.1) is 0 Å². The summed E-state index contributed by atoms with van der Waals surface area (Å²) in [4.78, 5) is 11.7. The number of carbonyl (C=O) groups is 1. The number of aromatic hydroxyl groups is 1. The lowest BCUT2D eigenvalue weighted by atomic mass is 10.1. The number of phenols is 1. The van der Waals surface area contributed by atoms with E-state index in [1.54, 1.807) is 18.2 Å². The molecule has 0 aromatic heterocycles. The van der Waals surface area contributed by atoms with Crippen molar-refractivity contribution in [3.63, 3.8) is 0 Å². The third-order valence-corrected chi connectivity index (χ3v) is 2.76. The van der Waals surface area contributed by atoms with E-state index in [9.17, 15) is 23.1 Å². The maximum absolute atomic E-state index is 12.6. The third-order valence-electron chi connectivity index (χ3n) is 2.76. The van der Waals surface area contributed by atoms with E-state index in [4.69, 9.17) is 0 Å². The SMILES string of the molecule is O=C(N/N=C\c1ccccc1O)c1cccc(C(F)(F)F)c1. The van der Waals surface area contributed by atoms with E-state index in [2.05, 4.69) is 10.5 Å². The number of carbonyl (C=O) groups excluding carboxylic acids is 1. The Hall–Kier alpha value is -2.83. The first-order valence-electron chi connectivity index (χ1n) is 6.16. The average Bonchev–Trinajstić information content (AvgIpc) is 2.48. The lowest BCUT2D eigenvalue weighted by Crippen LogP contribution is -2.18. The van der Waals surface area contributed by atoms with Crippen LogP contribution in [0.3, 0.4) is 0 Å². The molecule has 2 aromatic rings. The Balaban J connectivity index is 2.09. The second-order valence-electron chi connectivity index (χ2n) is 4.34. The number of alkyl halides is 3. The molecule has 0 saturated heterocycles. The second-order valence-corrected chi connectivity index (χ2v) is 4.34. The highest BCUT2D eigenvalue weighted by molar-refractivity contribution is 5.95. The first kappa shape index (κ1) is 15.6. The van der Waals surface area contributed by atoms with Crippen LogP contribution < -0.4 is 5.43 Å². The topological polar surface area (TPSA) is 61.7 Å². The number of para-hydroxylation sites is 1. The van der Waals surface area contributed by atoms with E-state index in [1.807, 2.05) is 0 Å². The van der Waals surface area contributed by atoms with E-state index in [0.29, 0.717) is 5.56 Å². The van der Waals surface area contributed by atoms with Crippen molar-refractivity contribution in [2.75, 3.05) is 0 Å². The smallest absolute Gasteiger partial charge is 0.416 e. The Morgan fingerprint density at radius 1 is 1.14 bits per heavy atom.